The van der Waals surface area contributed by atoms with Gasteiger partial charge in [0.05, 0.1) is 18.8 Å². The van der Waals surface area contributed by atoms with Crippen molar-refractivity contribution in [2.45, 2.75) is 212 Å². The molecule has 0 aliphatic rings. The number of amides is 1. The molecule has 42 heavy (non-hydrogen) atoms. The molecular formula is C37H73NO4. The third kappa shape index (κ3) is 27.9. The van der Waals surface area contributed by atoms with Gasteiger partial charge in [-0.1, -0.05) is 161 Å². The van der Waals surface area contributed by atoms with Crippen molar-refractivity contribution in [3.63, 3.8) is 0 Å². The van der Waals surface area contributed by atoms with Crippen LogP contribution in [0, 0.1) is 0 Å². The minimum absolute atomic E-state index is 0.155. The molecule has 5 heteroatoms. The highest BCUT2D eigenvalue weighted by Crippen LogP contribution is 2.15. The van der Waals surface area contributed by atoms with E-state index in [1.807, 2.05) is 0 Å². The van der Waals surface area contributed by atoms with Gasteiger partial charge < -0.3 is 20.6 Å². The summed E-state index contributed by atoms with van der Waals surface area (Å²) in [6, 6.07) is -0.817. The van der Waals surface area contributed by atoms with E-state index in [0.717, 1.165) is 38.5 Å². The number of allylic oxidation sites excluding steroid dienone is 2. The third-order valence-electron chi connectivity index (χ3n) is 8.62. The van der Waals surface area contributed by atoms with Crippen LogP contribution in [0.3, 0.4) is 0 Å². The van der Waals surface area contributed by atoms with Gasteiger partial charge in [0, 0.05) is 6.42 Å². The first-order chi connectivity index (χ1) is 20.6. The second-order valence-corrected chi connectivity index (χ2v) is 12.8. The maximum absolute atomic E-state index is 12.3. The Morgan fingerprint density at radius 3 is 1.38 bits per heavy atom. The monoisotopic (exact) mass is 596 g/mol. The molecule has 0 aliphatic heterocycles. The zero-order valence-electron chi connectivity index (χ0n) is 28.1. The van der Waals surface area contributed by atoms with Crippen molar-refractivity contribution in [3.8, 4) is 0 Å². The van der Waals surface area contributed by atoms with Crippen molar-refractivity contribution in [2.24, 2.45) is 0 Å². The molecule has 0 saturated heterocycles. The fourth-order valence-corrected chi connectivity index (χ4v) is 5.69. The van der Waals surface area contributed by atoms with E-state index in [2.05, 4.69) is 31.3 Å². The summed E-state index contributed by atoms with van der Waals surface area (Å²) in [5.41, 5.74) is 0. The van der Waals surface area contributed by atoms with Crippen molar-refractivity contribution in [2.75, 3.05) is 6.61 Å². The summed E-state index contributed by atoms with van der Waals surface area (Å²) in [5.74, 6) is -0.155. The minimum atomic E-state index is -1.15. The Balaban J connectivity index is 3.59. The molecule has 4 N–H and O–H groups in total. The molecule has 0 aliphatic carbocycles. The van der Waals surface area contributed by atoms with E-state index in [1.54, 1.807) is 0 Å². The first-order valence-electron chi connectivity index (χ1n) is 18.5. The Bertz CT molecular complexity index is 582. The standard InChI is InChI=1S/C37H73NO4/c1-3-5-7-9-11-13-14-15-16-17-18-19-20-21-22-23-24-26-28-30-32-36(41)38-34(33-39)37(42)35(40)31-29-27-25-12-10-8-6-4-2/h12,25,34-35,37,39-40,42H,3-11,13-24,26-33H2,1-2H3,(H,38,41)/b25-12+. The smallest absolute Gasteiger partial charge is 0.220 e. The Morgan fingerprint density at radius 2 is 0.952 bits per heavy atom. The van der Waals surface area contributed by atoms with E-state index in [0.29, 0.717) is 12.8 Å². The molecule has 0 heterocycles. The van der Waals surface area contributed by atoms with E-state index in [4.69, 9.17) is 0 Å². The highest BCUT2D eigenvalue weighted by atomic mass is 16.3. The summed E-state index contributed by atoms with van der Waals surface area (Å²) in [6.45, 7) is 4.10. The van der Waals surface area contributed by atoms with E-state index in [9.17, 15) is 20.1 Å². The lowest BCUT2D eigenvalue weighted by Crippen LogP contribution is -2.50. The topological polar surface area (TPSA) is 89.8 Å². The second kappa shape index (κ2) is 33.0. The summed E-state index contributed by atoms with van der Waals surface area (Å²) < 4.78 is 0. The van der Waals surface area contributed by atoms with Crippen LogP contribution in [0.15, 0.2) is 12.2 Å². The van der Waals surface area contributed by atoms with E-state index in [-0.39, 0.29) is 12.5 Å². The first-order valence-corrected chi connectivity index (χ1v) is 18.5. The van der Waals surface area contributed by atoms with Gasteiger partial charge in [0.2, 0.25) is 5.91 Å². The SMILES string of the molecule is CCCCC/C=C/CCCC(O)C(O)C(CO)NC(=O)CCCCCCCCCCCCCCCCCCCCCC. The molecule has 0 bridgehead atoms. The minimum Gasteiger partial charge on any atom is -0.394 e. The van der Waals surface area contributed by atoms with E-state index in [1.165, 1.54) is 128 Å². The van der Waals surface area contributed by atoms with Crippen LogP contribution in [0.25, 0.3) is 0 Å². The van der Waals surface area contributed by atoms with Crippen molar-refractivity contribution < 1.29 is 20.1 Å². The predicted molar refractivity (Wildman–Crippen MR) is 181 cm³/mol. The number of unbranched alkanes of at least 4 members (excludes halogenated alkanes) is 23. The Kier molecular flexibility index (Phi) is 32.3. The highest BCUT2D eigenvalue weighted by molar-refractivity contribution is 5.76. The van der Waals surface area contributed by atoms with Crippen molar-refractivity contribution in [3.05, 3.63) is 12.2 Å². The molecule has 1 amide bonds. The predicted octanol–water partition coefficient (Wildman–Crippen LogP) is 9.70. The molecule has 250 valence electrons. The van der Waals surface area contributed by atoms with Gasteiger partial charge in [-0.25, -0.2) is 0 Å². The van der Waals surface area contributed by atoms with Crippen molar-refractivity contribution in [1.82, 2.24) is 5.32 Å². The second-order valence-electron chi connectivity index (χ2n) is 12.8. The van der Waals surface area contributed by atoms with Crippen LogP contribution < -0.4 is 5.32 Å². The largest absolute Gasteiger partial charge is 0.394 e. The first kappa shape index (κ1) is 41.1. The molecule has 3 atom stereocenters. The highest BCUT2D eigenvalue weighted by Gasteiger charge is 2.26. The van der Waals surface area contributed by atoms with Crippen LogP contribution in [0.4, 0.5) is 0 Å². The number of carbonyl (C=O) groups excluding carboxylic acids is 1. The molecule has 5 nitrogen and oxygen atoms in total. The van der Waals surface area contributed by atoms with Gasteiger partial charge in [-0.3, -0.25) is 4.79 Å². The number of aliphatic hydroxyl groups is 3. The maximum Gasteiger partial charge on any atom is 0.220 e. The third-order valence-corrected chi connectivity index (χ3v) is 8.62. The summed E-state index contributed by atoms with van der Waals surface area (Å²) in [5, 5.41) is 33.1. The van der Waals surface area contributed by atoms with Gasteiger partial charge in [-0.2, -0.15) is 0 Å². The lowest BCUT2D eigenvalue weighted by Gasteiger charge is -2.26. The number of rotatable bonds is 33. The Morgan fingerprint density at radius 1 is 0.571 bits per heavy atom. The quantitative estimate of drug-likeness (QED) is 0.0449. The molecule has 0 spiro atoms. The van der Waals surface area contributed by atoms with Gasteiger partial charge in [0.15, 0.2) is 0 Å². The summed E-state index contributed by atoms with van der Waals surface area (Å²) in [4.78, 5) is 12.3. The zero-order valence-corrected chi connectivity index (χ0v) is 28.1. The number of nitrogens with one attached hydrogen (secondary N) is 1. The Hall–Kier alpha value is -0.910. The van der Waals surface area contributed by atoms with Crippen LogP contribution in [0.5, 0.6) is 0 Å². The van der Waals surface area contributed by atoms with E-state index < -0.39 is 18.2 Å². The van der Waals surface area contributed by atoms with Gasteiger partial charge in [0.1, 0.15) is 6.10 Å². The lowest BCUT2D eigenvalue weighted by molar-refractivity contribution is -0.124. The number of carbonyl (C=O) groups is 1. The van der Waals surface area contributed by atoms with Gasteiger partial charge in [-0.05, 0) is 38.5 Å². The molecule has 0 aromatic heterocycles. The summed E-state index contributed by atoms with van der Waals surface area (Å²) in [7, 11) is 0. The van der Waals surface area contributed by atoms with Crippen LogP contribution in [-0.2, 0) is 4.79 Å². The van der Waals surface area contributed by atoms with Crippen LogP contribution >= 0.6 is 0 Å². The summed E-state index contributed by atoms with van der Waals surface area (Å²) >= 11 is 0. The van der Waals surface area contributed by atoms with Crippen molar-refractivity contribution >= 4 is 5.91 Å². The lowest BCUT2D eigenvalue weighted by atomic mass is 10.0. The van der Waals surface area contributed by atoms with Crippen LogP contribution in [-0.4, -0.2) is 46.1 Å². The Labute approximate surface area is 261 Å². The molecule has 0 saturated carbocycles. The molecule has 0 fully saturated rings. The zero-order chi connectivity index (χ0) is 30.9. The molecule has 0 rings (SSSR count). The number of hydrogen-bond donors (Lipinski definition) is 4. The molecule has 3 unspecified atom stereocenters. The van der Waals surface area contributed by atoms with Crippen LogP contribution in [0.2, 0.25) is 0 Å². The van der Waals surface area contributed by atoms with Gasteiger partial charge in [-0.15, -0.1) is 0 Å². The van der Waals surface area contributed by atoms with E-state index >= 15 is 0 Å². The molecule has 0 aromatic carbocycles. The number of hydrogen-bond acceptors (Lipinski definition) is 4. The van der Waals surface area contributed by atoms with Gasteiger partial charge >= 0.3 is 0 Å². The molecular weight excluding hydrogens is 522 g/mol. The molecule has 0 aromatic rings. The van der Waals surface area contributed by atoms with Gasteiger partial charge in [0.25, 0.3) is 0 Å². The normalized spacial score (nSPS) is 13.9. The maximum atomic E-state index is 12.3. The fourth-order valence-electron chi connectivity index (χ4n) is 5.69. The molecule has 0 radical (unpaired) electrons. The summed E-state index contributed by atoms with van der Waals surface area (Å²) in [6.07, 6.45) is 36.1. The number of aliphatic hydroxyl groups excluding tert-OH is 3. The van der Waals surface area contributed by atoms with Crippen LogP contribution in [0.1, 0.15) is 194 Å². The average molecular weight is 596 g/mol. The fraction of sp³-hybridized carbons (Fsp3) is 0.919. The van der Waals surface area contributed by atoms with Crippen molar-refractivity contribution in [1.29, 1.82) is 0 Å². The average Bonchev–Trinajstić information content (AvgIpc) is 2.99.